The highest BCUT2D eigenvalue weighted by Crippen LogP contribution is 2.35. The summed E-state index contributed by atoms with van der Waals surface area (Å²) >= 11 is 5.92. The third-order valence-corrected chi connectivity index (χ3v) is 4.29. The number of benzene rings is 1. The second kappa shape index (κ2) is 6.08. The van der Waals surface area contributed by atoms with Crippen molar-refractivity contribution in [3.05, 3.63) is 34.9 Å². The van der Waals surface area contributed by atoms with Crippen LogP contribution in [-0.2, 0) is 9.57 Å². The number of hydrogen-bond donors (Lipinski definition) is 1. The molecular formula is C15H15ClN2O5. The molecule has 1 spiro atoms. The van der Waals surface area contributed by atoms with Crippen LogP contribution >= 0.6 is 11.6 Å². The topological polar surface area (TPSA) is 88.4 Å². The first-order valence-electron chi connectivity index (χ1n) is 7.18. The molecule has 0 saturated carbocycles. The van der Waals surface area contributed by atoms with Gasteiger partial charge >= 0.3 is 6.16 Å². The highest BCUT2D eigenvalue weighted by Gasteiger charge is 2.44. The van der Waals surface area contributed by atoms with Crippen LogP contribution in [0.2, 0.25) is 5.02 Å². The van der Waals surface area contributed by atoms with Gasteiger partial charge in [0.1, 0.15) is 5.60 Å². The van der Waals surface area contributed by atoms with Crippen LogP contribution in [-0.4, -0.2) is 46.7 Å². The van der Waals surface area contributed by atoms with Gasteiger partial charge in [-0.05, 0) is 18.2 Å². The lowest BCUT2D eigenvalue weighted by Crippen LogP contribution is -2.46. The van der Waals surface area contributed by atoms with E-state index in [2.05, 4.69) is 9.89 Å². The standard InChI is InChI=1S/C15H15ClN2O5/c16-11-3-1-2-10(8-11)13(19)18-6-4-15(5-7-18)9-12(17-23-15)22-14(20)21/h1-3,8H,4-7,9H2,(H,20,21). The van der Waals surface area contributed by atoms with Gasteiger partial charge in [-0.2, -0.15) is 0 Å². The van der Waals surface area contributed by atoms with Crippen molar-refractivity contribution >= 4 is 29.6 Å². The van der Waals surface area contributed by atoms with Gasteiger partial charge in [0.05, 0.1) is 6.42 Å². The highest BCUT2D eigenvalue weighted by molar-refractivity contribution is 6.30. The zero-order valence-corrected chi connectivity index (χ0v) is 13.0. The number of carbonyl (C=O) groups excluding carboxylic acids is 1. The molecule has 8 heteroatoms. The van der Waals surface area contributed by atoms with Crippen LogP contribution in [0.3, 0.4) is 0 Å². The Hall–Kier alpha value is -2.28. The number of hydrogen-bond acceptors (Lipinski definition) is 5. The van der Waals surface area contributed by atoms with Gasteiger partial charge in [-0.1, -0.05) is 22.8 Å². The van der Waals surface area contributed by atoms with E-state index in [-0.39, 0.29) is 11.8 Å². The van der Waals surface area contributed by atoms with Crippen LogP contribution in [0, 0.1) is 0 Å². The summed E-state index contributed by atoms with van der Waals surface area (Å²) in [5.74, 6) is -0.0182. The molecule has 1 amide bonds. The molecule has 1 fully saturated rings. The van der Waals surface area contributed by atoms with Gasteiger partial charge in [0.15, 0.2) is 0 Å². The number of rotatable bonds is 1. The van der Waals surface area contributed by atoms with Crippen LogP contribution in [0.4, 0.5) is 4.79 Å². The monoisotopic (exact) mass is 338 g/mol. The van der Waals surface area contributed by atoms with Gasteiger partial charge in [0.25, 0.3) is 5.91 Å². The van der Waals surface area contributed by atoms with Crippen molar-refractivity contribution in [2.75, 3.05) is 13.1 Å². The predicted octanol–water partition coefficient (Wildman–Crippen LogP) is 2.74. The largest absolute Gasteiger partial charge is 0.512 e. The van der Waals surface area contributed by atoms with Gasteiger partial charge in [-0.15, -0.1) is 0 Å². The van der Waals surface area contributed by atoms with Crippen LogP contribution < -0.4 is 0 Å². The summed E-state index contributed by atoms with van der Waals surface area (Å²) in [5.41, 5.74) is -0.0254. The Morgan fingerprint density at radius 2 is 2.09 bits per heavy atom. The number of amides is 1. The molecular weight excluding hydrogens is 324 g/mol. The van der Waals surface area contributed by atoms with Crippen LogP contribution in [0.15, 0.2) is 29.4 Å². The zero-order valence-electron chi connectivity index (χ0n) is 12.2. The van der Waals surface area contributed by atoms with Gasteiger partial charge in [-0.3, -0.25) is 4.79 Å². The van der Waals surface area contributed by atoms with E-state index in [0.29, 0.717) is 42.9 Å². The van der Waals surface area contributed by atoms with Gasteiger partial charge in [0, 0.05) is 36.5 Å². The Balaban J connectivity index is 1.59. The highest BCUT2D eigenvalue weighted by atomic mass is 35.5. The Morgan fingerprint density at radius 1 is 1.35 bits per heavy atom. The van der Waals surface area contributed by atoms with Crippen LogP contribution in [0.25, 0.3) is 0 Å². The number of oxime groups is 1. The molecule has 0 aliphatic carbocycles. The number of ether oxygens (including phenoxy) is 1. The van der Waals surface area contributed by atoms with E-state index in [1.165, 1.54) is 0 Å². The number of likely N-dealkylation sites (tertiary alicyclic amines) is 1. The third-order valence-electron chi connectivity index (χ3n) is 4.05. The summed E-state index contributed by atoms with van der Waals surface area (Å²) in [4.78, 5) is 30.1. The minimum absolute atomic E-state index is 0.0621. The van der Waals surface area contributed by atoms with E-state index in [0.717, 1.165) is 0 Å². The van der Waals surface area contributed by atoms with E-state index in [1.807, 2.05) is 0 Å². The number of piperidine rings is 1. The smallest absolute Gasteiger partial charge is 0.449 e. The molecule has 122 valence electrons. The molecule has 2 heterocycles. The maximum atomic E-state index is 12.5. The van der Waals surface area contributed by atoms with E-state index < -0.39 is 11.8 Å². The average molecular weight is 339 g/mol. The fourth-order valence-corrected chi connectivity index (χ4v) is 3.02. The van der Waals surface area contributed by atoms with E-state index >= 15 is 0 Å². The third kappa shape index (κ3) is 3.39. The maximum Gasteiger partial charge on any atom is 0.512 e. The normalized spacial score (nSPS) is 19.2. The molecule has 7 nitrogen and oxygen atoms in total. The summed E-state index contributed by atoms with van der Waals surface area (Å²) in [6, 6.07) is 6.83. The maximum absolute atomic E-state index is 12.5. The minimum Gasteiger partial charge on any atom is -0.449 e. The van der Waals surface area contributed by atoms with Gasteiger partial charge < -0.3 is 19.6 Å². The van der Waals surface area contributed by atoms with Crippen molar-refractivity contribution in [1.82, 2.24) is 4.90 Å². The lowest BCUT2D eigenvalue weighted by molar-refractivity contribution is -0.0568. The van der Waals surface area contributed by atoms with Crippen molar-refractivity contribution in [3.63, 3.8) is 0 Å². The molecule has 0 bridgehead atoms. The second-order valence-corrected chi connectivity index (χ2v) is 6.04. The fraction of sp³-hybridized carbons (Fsp3) is 0.400. The SMILES string of the molecule is O=C(O)OC1=NOC2(CCN(C(=O)c3cccc(Cl)c3)CC2)C1. The van der Waals surface area contributed by atoms with Crippen LogP contribution in [0.5, 0.6) is 0 Å². The number of carbonyl (C=O) groups is 2. The molecule has 2 aliphatic rings. The quantitative estimate of drug-likeness (QED) is 0.795. The molecule has 0 radical (unpaired) electrons. The fourth-order valence-electron chi connectivity index (χ4n) is 2.83. The number of halogens is 1. The molecule has 0 unspecified atom stereocenters. The van der Waals surface area contributed by atoms with E-state index in [9.17, 15) is 9.59 Å². The number of carboxylic acid groups (broad SMARTS) is 1. The van der Waals surface area contributed by atoms with E-state index in [4.69, 9.17) is 21.5 Å². The molecule has 0 aromatic heterocycles. The Morgan fingerprint density at radius 3 is 2.74 bits per heavy atom. The first kappa shape index (κ1) is 15.6. The summed E-state index contributed by atoms with van der Waals surface area (Å²) in [6.07, 6.45) is 0.0289. The summed E-state index contributed by atoms with van der Waals surface area (Å²) in [6.45, 7) is 1.00. The molecule has 1 N–H and O–H groups in total. The Bertz CT molecular complexity index is 668. The van der Waals surface area contributed by atoms with Crippen molar-refractivity contribution in [2.45, 2.75) is 24.9 Å². The Labute approximate surface area is 137 Å². The molecule has 1 saturated heterocycles. The molecule has 3 rings (SSSR count). The molecule has 0 atom stereocenters. The van der Waals surface area contributed by atoms with Crippen molar-refractivity contribution in [1.29, 1.82) is 0 Å². The first-order valence-corrected chi connectivity index (χ1v) is 7.56. The van der Waals surface area contributed by atoms with Crippen molar-refractivity contribution in [2.24, 2.45) is 5.16 Å². The Kier molecular flexibility index (Phi) is 4.12. The lowest BCUT2D eigenvalue weighted by atomic mass is 9.88. The van der Waals surface area contributed by atoms with Crippen LogP contribution in [0.1, 0.15) is 29.6 Å². The summed E-state index contributed by atoms with van der Waals surface area (Å²) in [7, 11) is 0. The van der Waals surface area contributed by atoms with E-state index in [1.54, 1.807) is 29.2 Å². The minimum atomic E-state index is -1.40. The van der Waals surface area contributed by atoms with Crippen molar-refractivity contribution < 1.29 is 24.3 Å². The molecule has 2 aliphatic heterocycles. The van der Waals surface area contributed by atoms with Gasteiger partial charge in [0.2, 0.25) is 5.90 Å². The molecule has 1 aromatic carbocycles. The molecule has 1 aromatic rings. The second-order valence-electron chi connectivity index (χ2n) is 5.61. The molecule has 23 heavy (non-hydrogen) atoms. The van der Waals surface area contributed by atoms with Crippen molar-refractivity contribution in [3.8, 4) is 0 Å². The van der Waals surface area contributed by atoms with Gasteiger partial charge in [-0.25, -0.2) is 4.79 Å². The average Bonchev–Trinajstić information content (AvgIpc) is 2.89. The number of nitrogens with zero attached hydrogens (tertiary/aromatic N) is 2. The first-order chi connectivity index (χ1) is 11.0. The zero-order chi connectivity index (χ0) is 16.4. The predicted molar refractivity (Wildman–Crippen MR) is 81.6 cm³/mol. The summed E-state index contributed by atoms with van der Waals surface area (Å²) < 4.78 is 4.54. The lowest BCUT2D eigenvalue weighted by Gasteiger charge is -2.36. The summed E-state index contributed by atoms with van der Waals surface area (Å²) in [5, 5.41) is 12.8.